The second kappa shape index (κ2) is 2.93. The average Bonchev–Trinajstić information content (AvgIpc) is 1.80. The Hall–Kier alpha value is 0.310. The molecule has 0 saturated carbocycles. The van der Waals surface area contributed by atoms with Gasteiger partial charge in [-0.05, 0) is 19.8 Å². The van der Waals surface area contributed by atoms with Crippen molar-refractivity contribution in [2.75, 3.05) is 5.75 Å². The Bertz CT molecular complexity index is 94.9. The summed E-state index contributed by atoms with van der Waals surface area (Å²) < 4.78 is 5.56. The second-order valence-electron chi connectivity index (χ2n) is 2.72. The lowest BCUT2D eigenvalue weighted by Gasteiger charge is -2.30. The zero-order valence-corrected chi connectivity index (χ0v) is 7.07. The van der Waals surface area contributed by atoms with E-state index in [1.165, 1.54) is 5.75 Å². The van der Waals surface area contributed by atoms with E-state index in [-0.39, 0.29) is 0 Å². The van der Waals surface area contributed by atoms with Crippen LogP contribution in [0.1, 0.15) is 20.8 Å². The Labute approximate surface area is 61.2 Å². The molecule has 1 rings (SSSR count). The highest BCUT2D eigenvalue weighted by atomic mass is 32.2. The molecule has 0 aliphatic carbocycles. The molecule has 0 radical (unpaired) electrons. The fourth-order valence-electron chi connectivity index (χ4n) is 0.898. The maximum absolute atomic E-state index is 5.56. The summed E-state index contributed by atoms with van der Waals surface area (Å²) >= 11 is 1.91. The maximum atomic E-state index is 5.56. The van der Waals surface area contributed by atoms with Crippen LogP contribution in [-0.2, 0) is 4.74 Å². The summed E-state index contributed by atoms with van der Waals surface area (Å²) in [6.45, 7) is 6.51. The van der Waals surface area contributed by atoms with Crippen LogP contribution in [-0.4, -0.2) is 17.3 Å². The molecule has 1 fully saturated rings. The standard InChI is InChI=1S/C7H14OS/c1-5-4-9-7(3)8-6(5)2/h5-7H,4H2,1-3H3. The lowest BCUT2D eigenvalue weighted by Crippen LogP contribution is -2.29. The molecule has 1 saturated heterocycles. The van der Waals surface area contributed by atoms with Gasteiger partial charge < -0.3 is 4.74 Å². The highest BCUT2D eigenvalue weighted by Gasteiger charge is 2.21. The molecular weight excluding hydrogens is 132 g/mol. The number of ether oxygens (including phenoxy) is 1. The van der Waals surface area contributed by atoms with Crippen LogP contribution in [0.2, 0.25) is 0 Å². The van der Waals surface area contributed by atoms with E-state index in [1.807, 2.05) is 11.8 Å². The minimum absolute atomic E-state index is 0.413. The zero-order chi connectivity index (χ0) is 6.85. The normalized spacial score (nSPS) is 45.0. The lowest BCUT2D eigenvalue weighted by atomic mass is 10.1. The number of thioether (sulfide) groups is 1. The Morgan fingerprint density at radius 3 is 2.44 bits per heavy atom. The van der Waals surface area contributed by atoms with Crippen LogP contribution in [0.25, 0.3) is 0 Å². The first-order chi connectivity index (χ1) is 4.20. The monoisotopic (exact) mass is 146 g/mol. The van der Waals surface area contributed by atoms with Crippen molar-refractivity contribution in [1.82, 2.24) is 0 Å². The molecule has 2 heteroatoms. The van der Waals surface area contributed by atoms with Gasteiger partial charge in [0.1, 0.15) is 5.44 Å². The number of rotatable bonds is 0. The second-order valence-corrected chi connectivity index (χ2v) is 4.05. The average molecular weight is 146 g/mol. The summed E-state index contributed by atoms with van der Waals surface area (Å²) in [5.74, 6) is 1.98. The molecule has 1 aliphatic rings. The van der Waals surface area contributed by atoms with Gasteiger partial charge >= 0.3 is 0 Å². The Kier molecular flexibility index (Phi) is 2.42. The number of hydrogen-bond donors (Lipinski definition) is 0. The molecule has 0 bridgehead atoms. The lowest BCUT2D eigenvalue weighted by molar-refractivity contribution is 0.0187. The SMILES string of the molecule is CC1OC(C)C(C)CS1. The Morgan fingerprint density at radius 1 is 1.33 bits per heavy atom. The van der Waals surface area contributed by atoms with Gasteiger partial charge in [0.05, 0.1) is 6.10 Å². The predicted molar refractivity (Wildman–Crippen MR) is 41.6 cm³/mol. The summed E-state index contributed by atoms with van der Waals surface area (Å²) in [7, 11) is 0. The largest absolute Gasteiger partial charge is 0.365 e. The van der Waals surface area contributed by atoms with Gasteiger partial charge in [-0.25, -0.2) is 0 Å². The van der Waals surface area contributed by atoms with Crippen molar-refractivity contribution in [2.24, 2.45) is 5.92 Å². The van der Waals surface area contributed by atoms with Crippen LogP contribution < -0.4 is 0 Å². The van der Waals surface area contributed by atoms with Crippen molar-refractivity contribution in [2.45, 2.75) is 32.3 Å². The molecule has 1 aliphatic heterocycles. The summed E-state index contributed by atoms with van der Waals surface area (Å²) in [6.07, 6.45) is 0.459. The molecule has 9 heavy (non-hydrogen) atoms. The first-order valence-electron chi connectivity index (χ1n) is 3.47. The van der Waals surface area contributed by atoms with Gasteiger partial charge in [0.25, 0.3) is 0 Å². The Morgan fingerprint density at radius 2 is 2.00 bits per heavy atom. The molecule has 3 unspecified atom stereocenters. The van der Waals surface area contributed by atoms with Gasteiger partial charge in [-0.15, -0.1) is 11.8 Å². The van der Waals surface area contributed by atoms with Crippen molar-refractivity contribution in [3.63, 3.8) is 0 Å². The minimum Gasteiger partial charge on any atom is -0.365 e. The van der Waals surface area contributed by atoms with Crippen molar-refractivity contribution in [3.05, 3.63) is 0 Å². The highest BCUT2D eigenvalue weighted by Crippen LogP contribution is 2.27. The van der Waals surface area contributed by atoms with E-state index in [0.29, 0.717) is 11.5 Å². The summed E-state index contributed by atoms with van der Waals surface area (Å²) in [5, 5.41) is 0. The van der Waals surface area contributed by atoms with E-state index in [9.17, 15) is 0 Å². The van der Waals surface area contributed by atoms with Gasteiger partial charge in [0.15, 0.2) is 0 Å². The summed E-state index contributed by atoms with van der Waals surface area (Å²) in [5.41, 5.74) is 0.413. The van der Waals surface area contributed by atoms with E-state index in [4.69, 9.17) is 4.74 Å². The molecule has 1 heterocycles. The van der Waals surface area contributed by atoms with Crippen LogP contribution in [0.5, 0.6) is 0 Å². The first kappa shape index (κ1) is 7.42. The van der Waals surface area contributed by atoms with Crippen molar-refractivity contribution >= 4 is 11.8 Å². The van der Waals surface area contributed by atoms with Crippen molar-refractivity contribution in [1.29, 1.82) is 0 Å². The molecule has 3 atom stereocenters. The molecule has 0 aromatic heterocycles. The summed E-state index contributed by atoms with van der Waals surface area (Å²) in [4.78, 5) is 0. The van der Waals surface area contributed by atoms with Crippen molar-refractivity contribution in [3.8, 4) is 0 Å². The molecule has 0 aromatic carbocycles. The third-order valence-electron chi connectivity index (χ3n) is 1.80. The number of hydrogen-bond acceptors (Lipinski definition) is 2. The van der Waals surface area contributed by atoms with Crippen LogP contribution >= 0.6 is 11.8 Å². The fourth-order valence-corrected chi connectivity index (χ4v) is 2.00. The molecule has 0 amide bonds. The van der Waals surface area contributed by atoms with Crippen LogP contribution in [0.4, 0.5) is 0 Å². The quantitative estimate of drug-likeness (QED) is 0.517. The van der Waals surface area contributed by atoms with Gasteiger partial charge in [0.2, 0.25) is 0 Å². The van der Waals surface area contributed by atoms with Gasteiger partial charge in [0, 0.05) is 5.75 Å². The molecule has 0 spiro atoms. The van der Waals surface area contributed by atoms with E-state index in [2.05, 4.69) is 20.8 Å². The van der Waals surface area contributed by atoms with Crippen LogP contribution in [0, 0.1) is 5.92 Å². The molecular formula is C7H14OS. The molecule has 1 nitrogen and oxygen atoms in total. The van der Waals surface area contributed by atoms with E-state index < -0.39 is 0 Å². The highest BCUT2D eigenvalue weighted by molar-refractivity contribution is 7.99. The van der Waals surface area contributed by atoms with Gasteiger partial charge in [-0.3, -0.25) is 0 Å². The van der Waals surface area contributed by atoms with E-state index >= 15 is 0 Å². The molecule has 0 aromatic rings. The van der Waals surface area contributed by atoms with E-state index in [1.54, 1.807) is 0 Å². The topological polar surface area (TPSA) is 9.23 Å². The molecule has 0 N–H and O–H groups in total. The van der Waals surface area contributed by atoms with Crippen LogP contribution in [0.15, 0.2) is 0 Å². The zero-order valence-electron chi connectivity index (χ0n) is 6.26. The van der Waals surface area contributed by atoms with E-state index in [0.717, 1.165) is 5.92 Å². The smallest absolute Gasteiger partial charge is 0.100 e. The van der Waals surface area contributed by atoms with Gasteiger partial charge in [-0.1, -0.05) is 6.92 Å². The third-order valence-corrected chi connectivity index (χ3v) is 3.10. The Balaban J connectivity index is 2.35. The third kappa shape index (κ3) is 1.87. The van der Waals surface area contributed by atoms with Gasteiger partial charge in [-0.2, -0.15) is 0 Å². The predicted octanol–water partition coefficient (Wildman–Crippen LogP) is 2.12. The maximum Gasteiger partial charge on any atom is 0.100 e. The first-order valence-corrected chi connectivity index (χ1v) is 4.52. The minimum atomic E-state index is 0.413. The van der Waals surface area contributed by atoms with Crippen molar-refractivity contribution < 1.29 is 4.74 Å². The summed E-state index contributed by atoms with van der Waals surface area (Å²) in [6, 6.07) is 0. The molecule has 54 valence electrons. The fraction of sp³-hybridized carbons (Fsp3) is 1.00. The van der Waals surface area contributed by atoms with Crippen LogP contribution in [0.3, 0.4) is 0 Å².